The smallest absolute Gasteiger partial charge is 0.315 e. The third-order valence-electron chi connectivity index (χ3n) is 1.53. The van der Waals surface area contributed by atoms with Crippen molar-refractivity contribution in [1.82, 2.24) is 15.5 Å². The molecule has 0 saturated carbocycles. The first-order chi connectivity index (χ1) is 7.22. The summed E-state index contributed by atoms with van der Waals surface area (Å²) in [5.74, 6) is 0.489. The van der Waals surface area contributed by atoms with Crippen molar-refractivity contribution in [1.29, 1.82) is 0 Å². The number of nitrogens with one attached hydrogen (secondary N) is 2. The molecule has 0 spiro atoms. The number of nitrogens with two attached hydrogens (primary N) is 2. The van der Waals surface area contributed by atoms with Crippen LogP contribution in [-0.4, -0.2) is 35.9 Å². The quantitative estimate of drug-likeness (QED) is 0.433. The van der Waals surface area contributed by atoms with Crippen molar-refractivity contribution in [2.24, 2.45) is 11.5 Å². The van der Waals surface area contributed by atoms with Gasteiger partial charge in [-0.3, -0.25) is 0 Å². The molecule has 8 nitrogen and oxygen atoms in total. The van der Waals surface area contributed by atoms with Gasteiger partial charge >= 0.3 is 12.0 Å². The zero-order chi connectivity index (χ0) is 11.1. The van der Waals surface area contributed by atoms with Crippen LogP contribution in [0.1, 0.15) is 5.89 Å². The van der Waals surface area contributed by atoms with E-state index in [1.807, 2.05) is 0 Å². The highest BCUT2D eigenvalue weighted by Gasteiger charge is 2.03. The number of rotatable bonds is 6. The van der Waals surface area contributed by atoms with Gasteiger partial charge in [-0.1, -0.05) is 5.10 Å². The minimum atomic E-state index is -0.564. The van der Waals surface area contributed by atoms with E-state index in [1.54, 1.807) is 0 Å². The molecule has 6 N–H and O–H groups in total. The molecule has 0 unspecified atom stereocenters. The molecule has 1 rings (SSSR count). The molecule has 0 aliphatic carbocycles. The number of urea groups is 1. The largest absolute Gasteiger partial charge is 0.408 e. The third kappa shape index (κ3) is 4.27. The van der Waals surface area contributed by atoms with Crippen LogP contribution in [0.3, 0.4) is 0 Å². The minimum absolute atomic E-state index is 0.310. The van der Waals surface area contributed by atoms with E-state index in [2.05, 4.69) is 20.8 Å². The van der Waals surface area contributed by atoms with Crippen molar-refractivity contribution in [3.05, 3.63) is 5.89 Å². The highest BCUT2D eigenvalue weighted by molar-refractivity contribution is 5.71. The Bertz CT molecular complexity index is 312. The summed E-state index contributed by atoms with van der Waals surface area (Å²) in [6, 6.07) is -0.254. The van der Waals surface area contributed by atoms with Gasteiger partial charge in [-0.15, -0.1) is 5.10 Å². The van der Waals surface area contributed by atoms with Crippen molar-refractivity contribution >= 4 is 12.0 Å². The zero-order valence-electron chi connectivity index (χ0n) is 8.19. The molecule has 0 atom stereocenters. The molecule has 15 heavy (non-hydrogen) atoms. The monoisotopic (exact) mass is 214 g/mol. The lowest BCUT2D eigenvalue weighted by atomic mass is 10.4. The Morgan fingerprint density at radius 1 is 1.40 bits per heavy atom. The Labute approximate surface area is 86.4 Å². The normalized spacial score (nSPS) is 9.93. The van der Waals surface area contributed by atoms with Gasteiger partial charge in [-0.2, -0.15) is 0 Å². The molecular weight excluding hydrogens is 200 g/mol. The molecule has 0 aliphatic heterocycles. The minimum Gasteiger partial charge on any atom is -0.408 e. The van der Waals surface area contributed by atoms with Crippen LogP contribution in [0.5, 0.6) is 0 Å². The highest BCUT2D eigenvalue weighted by Crippen LogP contribution is 2.04. The molecule has 0 radical (unpaired) electrons. The number of anilines is 1. The lowest BCUT2D eigenvalue weighted by molar-refractivity contribution is 0.249. The maximum Gasteiger partial charge on any atom is 0.315 e. The number of carbonyl (C=O) groups excluding carboxylic acids is 1. The maximum absolute atomic E-state index is 10.3. The number of hydrogen-bond donors (Lipinski definition) is 4. The van der Waals surface area contributed by atoms with Gasteiger partial charge in [0, 0.05) is 26.1 Å². The zero-order valence-corrected chi connectivity index (χ0v) is 8.19. The second-order valence-electron chi connectivity index (χ2n) is 2.76. The Hall–Kier alpha value is -1.83. The van der Waals surface area contributed by atoms with Gasteiger partial charge in [0.05, 0.1) is 0 Å². The molecule has 0 bridgehead atoms. The van der Waals surface area contributed by atoms with E-state index in [0.29, 0.717) is 38.0 Å². The molecule has 8 heteroatoms. The van der Waals surface area contributed by atoms with E-state index in [1.165, 1.54) is 0 Å². The fraction of sp³-hybridized carbons (Fsp3) is 0.571. The number of nitrogens with zero attached hydrogens (tertiary/aromatic N) is 2. The molecule has 0 aliphatic rings. The summed E-state index contributed by atoms with van der Waals surface area (Å²) in [6.07, 6.45) is 0.550. The van der Waals surface area contributed by atoms with Crippen LogP contribution in [0, 0.1) is 0 Å². The molecule has 1 aromatic rings. The summed E-state index contributed by atoms with van der Waals surface area (Å²) in [6.45, 7) is 1.32. The van der Waals surface area contributed by atoms with Crippen LogP contribution in [0.4, 0.5) is 10.8 Å². The molecule has 0 saturated heterocycles. The van der Waals surface area contributed by atoms with E-state index < -0.39 is 6.03 Å². The van der Waals surface area contributed by atoms with Crippen molar-refractivity contribution in [2.45, 2.75) is 6.42 Å². The lowest BCUT2D eigenvalue weighted by Gasteiger charge is -2.00. The molecule has 2 amide bonds. The third-order valence-corrected chi connectivity index (χ3v) is 1.53. The summed E-state index contributed by atoms with van der Waals surface area (Å²) >= 11 is 0. The van der Waals surface area contributed by atoms with Gasteiger partial charge in [0.15, 0.2) is 0 Å². The summed E-state index contributed by atoms with van der Waals surface area (Å²) in [7, 11) is 0. The average molecular weight is 214 g/mol. The maximum atomic E-state index is 10.3. The first-order valence-corrected chi connectivity index (χ1v) is 4.52. The van der Waals surface area contributed by atoms with E-state index in [0.717, 1.165) is 0 Å². The first-order valence-electron chi connectivity index (χ1n) is 4.52. The Kier molecular flexibility index (Phi) is 4.35. The lowest BCUT2D eigenvalue weighted by Crippen LogP contribution is -2.33. The Morgan fingerprint density at radius 3 is 2.87 bits per heavy atom. The Balaban J connectivity index is 2.22. The molecule has 84 valence electrons. The predicted octanol–water partition coefficient (Wildman–Crippen LogP) is -1.35. The van der Waals surface area contributed by atoms with Crippen LogP contribution in [0.15, 0.2) is 4.42 Å². The molecular formula is C7H14N6O2. The number of aromatic nitrogens is 2. The summed E-state index contributed by atoms with van der Waals surface area (Å²) < 4.78 is 5.17. The van der Waals surface area contributed by atoms with Crippen LogP contribution in [-0.2, 0) is 6.42 Å². The second kappa shape index (κ2) is 5.81. The fourth-order valence-electron chi connectivity index (χ4n) is 0.905. The first kappa shape index (κ1) is 11.2. The van der Waals surface area contributed by atoms with Crippen LogP contribution in [0.2, 0.25) is 0 Å². The van der Waals surface area contributed by atoms with Crippen molar-refractivity contribution in [2.75, 3.05) is 25.0 Å². The standard InChI is InChI=1S/C7H14N6O2/c8-2-1-5-12-13-7(15-5)11-4-3-10-6(9)14/h1-4,8H2,(H,11,13)(H3,9,10,14). The van der Waals surface area contributed by atoms with E-state index in [-0.39, 0.29) is 0 Å². The molecule has 0 aromatic carbocycles. The number of carbonyl (C=O) groups is 1. The van der Waals surface area contributed by atoms with E-state index in [9.17, 15) is 4.79 Å². The van der Waals surface area contributed by atoms with Crippen molar-refractivity contribution in [3.8, 4) is 0 Å². The molecule has 1 heterocycles. The highest BCUT2D eigenvalue weighted by atomic mass is 16.4. The second-order valence-corrected chi connectivity index (χ2v) is 2.76. The van der Waals surface area contributed by atoms with Gasteiger partial charge in [-0.25, -0.2) is 4.79 Å². The topological polar surface area (TPSA) is 132 Å². The summed E-state index contributed by atoms with van der Waals surface area (Å²) in [5, 5.41) is 12.7. The molecule has 1 aromatic heterocycles. The van der Waals surface area contributed by atoms with Gasteiger partial charge in [-0.05, 0) is 0 Å². The van der Waals surface area contributed by atoms with Gasteiger partial charge in [0.1, 0.15) is 0 Å². The summed E-state index contributed by atoms with van der Waals surface area (Å²) in [5.41, 5.74) is 10.2. The number of amides is 2. The number of hydrogen-bond acceptors (Lipinski definition) is 6. The van der Waals surface area contributed by atoms with E-state index in [4.69, 9.17) is 15.9 Å². The van der Waals surface area contributed by atoms with Gasteiger partial charge < -0.3 is 26.5 Å². The van der Waals surface area contributed by atoms with E-state index >= 15 is 0 Å². The summed E-state index contributed by atoms with van der Waals surface area (Å²) in [4.78, 5) is 10.3. The van der Waals surface area contributed by atoms with Crippen LogP contribution in [0.25, 0.3) is 0 Å². The average Bonchev–Trinajstić information content (AvgIpc) is 2.61. The van der Waals surface area contributed by atoms with Crippen LogP contribution >= 0.6 is 0 Å². The fourth-order valence-corrected chi connectivity index (χ4v) is 0.905. The SMILES string of the molecule is NCCc1nnc(NCCNC(N)=O)o1. The van der Waals surface area contributed by atoms with Gasteiger partial charge in [0.25, 0.3) is 0 Å². The Morgan fingerprint density at radius 2 is 2.20 bits per heavy atom. The van der Waals surface area contributed by atoms with Crippen molar-refractivity contribution in [3.63, 3.8) is 0 Å². The predicted molar refractivity (Wildman–Crippen MR) is 53.1 cm³/mol. The molecule has 0 fully saturated rings. The van der Waals surface area contributed by atoms with Gasteiger partial charge in [0.2, 0.25) is 5.89 Å². The number of primary amides is 1. The van der Waals surface area contributed by atoms with Crippen molar-refractivity contribution < 1.29 is 9.21 Å². The van der Waals surface area contributed by atoms with Crippen LogP contribution < -0.4 is 22.1 Å².